The minimum Gasteiger partial charge on any atom is -0.293 e. The number of ketones is 2. The zero-order valence-corrected chi connectivity index (χ0v) is 13.5. The molecule has 0 heterocycles. The van der Waals surface area contributed by atoms with E-state index in [-0.39, 0.29) is 23.1 Å². The third-order valence-electron chi connectivity index (χ3n) is 3.05. The van der Waals surface area contributed by atoms with Crippen LogP contribution in [0.25, 0.3) is 0 Å². The van der Waals surface area contributed by atoms with Crippen LogP contribution >= 0.6 is 25.3 Å². The van der Waals surface area contributed by atoms with Crippen molar-refractivity contribution in [2.45, 2.75) is 0 Å². The van der Waals surface area contributed by atoms with E-state index in [1.54, 1.807) is 24.3 Å². The lowest BCUT2D eigenvalue weighted by molar-refractivity contribution is 0.101. The van der Waals surface area contributed by atoms with Gasteiger partial charge in [0.1, 0.15) is 0 Å². The molecule has 0 aliphatic heterocycles. The van der Waals surface area contributed by atoms with Crippen LogP contribution in [0.5, 0.6) is 0 Å². The Labute approximate surface area is 140 Å². The molecule has 0 bridgehead atoms. The molecule has 0 atom stereocenters. The molecule has 2 aromatic carbocycles. The van der Waals surface area contributed by atoms with E-state index in [4.69, 9.17) is 0 Å². The Balaban J connectivity index is 2.13. The summed E-state index contributed by atoms with van der Waals surface area (Å²) < 4.78 is 0. The van der Waals surface area contributed by atoms with Crippen molar-refractivity contribution < 1.29 is 9.59 Å². The van der Waals surface area contributed by atoms with Gasteiger partial charge in [-0.25, -0.2) is 0 Å². The van der Waals surface area contributed by atoms with Gasteiger partial charge in [-0.15, -0.1) is 0 Å². The average molecular weight is 326 g/mol. The molecule has 2 rings (SSSR count). The number of thiol groups is 2. The van der Waals surface area contributed by atoms with Gasteiger partial charge in [0, 0.05) is 22.3 Å². The molecule has 0 aliphatic rings. The summed E-state index contributed by atoms with van der Waals surface area (Å²) in [7, 11) is 0. The summed E-state index contributed by atoms with van der Waals surface area (Å²) in [5, 5.41) is 0. The highest BCUT2D eigenvalue weighted by Crippen LogP contribution is 2.07. The molecule has 2 aromatic rings. The van der Waals surface area contributed by atoms with Crippen molar-refractivity contribution in [3.05, 3.63) is 70.8 Å². The third-order valence-corrected chi connectivity index (χ3v) is 3.63. The lowest BCUT2D eigenvalue weighted by Gasteiger charge is -1.98. The first-order valence-corrected chi connectivity index (χ1v) is 7.91. The van der Waals surface area contributed by atoms with E-state index in [0.29, 0.717) is 11.1 Å². The van der Waals surface area contributed by atoms with E-state index in [1.165, 1.54) is 0 Å². The van der Waals surface area contributed by atoms with E-state index in [0.717, 1.165) is 11.1 Å². The highest BCUT2D eigenvalue weighted by atomic mass is 32.1. The number of rotatable bonds is 4. The highest BCUT2D eigenvalue weighted by Gasteiger charge is 2.02. The van der Waals surface area contributed by atoms with E-state index >= 15 is 0 Å². The summed E-state index contributed by atoms with van der Waals surface area (Å²) in [6.45, 7) is 0. The summed E-state index contributed by atoms with van der Waals surface area (Å²) in [5.74, 6) is 6.43. The Morgan fingerprint density at radius 1 is 0.682 bits per heavy atom. The van der Waals surface area contributed by atoms with Crippen molar-refractivity contribution in [1.82, 2.24) is 0 Å². The Kier molecular flexibility index (Phi) is 5.88. The number of hydrogen-bond acceptors (Lipinski definition) is 4. The van der Waals surface area contributed by atoms with Crippen LogP contribution in [-0.2, 0) is 0 Å². The standard InChI is InChI=1S/C18H14O2S2/c19-17(11-21)15-7-3-13(4-8-15)1-2-14-5-9-16(10-6-14)18(20)12-22/h3-10,21-22H,11-12H2. The fourth-order valence-electron chi connectivity index (χ4n) is 1.81. The van der Waals surface area contributed by atoms with Crippen molar-refractivity contribution in [3.63, 3.8) is 0 Å². The summed E-state index contributed by atoms with van der Waals surface area (Å²) >= 11 is 7.93. The predicted octanol–water partition coefficient (Wildman–Crippen LogP) is 3.31. The molecule has 4 heteroatoms. The van der Waals surface area contributed by atoms with Crippen LogP contribution in [0, 0.1) is 11.8 Å². The van der Waals surface area contributed by atoms with Gasteiger partial charge in [-0.2, -0.15) is 25.3 Å². The zero-order chi connectivity index (χ0) is 15.9. The van der Waals surface area contributed by atoms with Gasteiger partial charge in [-0.1, -0.05) is 36.1 Å². The van der Waals surface area contributed by atoms with Crippen molar-refractivity contribution in [2.75, 3.05) is 11.5 Å². The van der Waals surface area contributed by atoms with Gasteiger partial charge in [0.05, 0.1) is 11.5 Å². The maximum Gasteiger partial charge on any atom is 0.172 e. The summed E-state index contributed by atoms with van der Waals surface area (Å²) in [5.41, 5.74) is 2.92. The second kappa shape index (κ2) is 7.88. The maximum absolute atomic E-state index is 11.5. The van der Waals surface area contributed by atoms with Crippen LogP contribution in [0.15, 0.2) is 48.5 Å². The Bertz CT molecular complexity index is 672. The molecule has 0 aliphatic carbocycles. The first kappa shape index (κ1) is 16.4. The topological polar surface area (TPSA) is 34.1 Å². The molecule has 0 aromatic heterocycles. The van der Waals surface area contributed by atoms with Gasteiger partial charge in [0.25, 0.3) is 0 Å². The second-order valence-electron chi connectivity index (χ2n) is 4.57. The first-order chi connectivity index (χ1) is 10.6. The highest BCUT2D eigenvalue weighted by molar-refractivity contribution is 7.81. The fraction of sp³-hybridized carbons (Fsp3) is 0.111. The van der Waals surface area contributed by atoms with Gasteiger partial charge in [-0.05, 0) is 24.3 Å². The van der Waals surface area contributed by atoms with Crippen molar-refractivity contribution in [3.8, 4) is 11.8 Å². The molecule has 0 N–H and O–H groups in total. The van der Waals surface area contributed by atoms with Gasteiger partial charge in [0.15, 0.2) is 11.6 Å². The van der Waals surface area contributed by atoms with E-state index in [9.17, 15) is 9.59 Å². The summed E-state index contributed by atoms with van der Waals surface area (Å²) in [6, 6.07) is 14.2. The van der Waals surface area contributed by atoms with E-state index in [1.807, 2.05) is 24.3 Å². The number of carbonyl (C=O) groups is 2. The molecule has 0 saturated heterocycles. The molecule has 0 radical (unpaired) electrons. The van der Waals surface area contributed by atoms with Crippen molar-refractivity contribution in [2.24, 2.45) is 0 Å². The Hall–Kier alpha value is -1.96. The minimum absolute atomic E-state index is 0.00714. The molecule has 2 nitrogen and oxygen atoms in total. The first-order valence-electron chi connectivity index (χ1n) is 6.64. The summed E-state index contributed by atoms with van der Waals surface area (Å²) in [6.07, 6.45) is 0. The SMILES string of the molecule is O=C(CS)c1ccc(C#Cc2ccc(C(=O)CS)cc2)cc1. The summed E-state index contributed by atoms with van der Waals surface area (Å²) in [4.78, 5) is 22.9. The van der Waals surface area contributed by atoms with Crippen LogP contribution in [0.4, 0.5) is 0 Å². The lowest BCUT2D eigenvalue weighted by atomic mass is 10.1. The van der Waals surface area contributed by atoms with Crippen LogP contribution in [0.3, 0.4) is 0 Å². The van der Waals surface area contributed by atoms with E-state index < -0.39 is 0 Å². The van der Waals surface area contributed by atoms with Crippen LogP contribution in [-0.4, -0.2) is 23.1 Å². The number of carbonyl (C=O) groups excluding carboxylic acids is 2. The smallest absolute Gasteiger partial charge is 0.172 e. The van der Waals surface area contributed by atoms with Gasteiger partial charge >= 0.3 is 0 Å². The third kappa shape index (κ3) is 4.27. The van der Waals surface area contributed by atoms with Crippen LogP contribution < -0.4 is 0 Å². The van der Waals surface area contributed by atoms with Crippen LogP contribution in [0.1, 0.15) is 31.8 Å². The predicted molar refractivity (Wildman–Crippen MR) is 95.2 cm³/mol. The molecular formula is C18H14O2S2. The van der Waals surface area contributed by atoms with Gasteiger partial charge < -0.3 is 0 Å². The molecule has 0 fully saturated rings. The minimum atomic E-state index is -0.00714. The average Bonchev–Trinajstić information content (AvgIpc) is 2.59. The normalized spacial score (nSPS) is 9.73. The molecule has 0 spiro atoms. The zero-order valence-electron chi connectivity index (χ0n) is 11.7. The van der Waals surface area contributed by atoms with Crippen molar-refractivity contribution >= 4 is 36.8 Å². The molecule has 0 amide bonds. The quantitative estimate of drug-likeness (QED) is 0.513. The molecule has 0 saturated carbocycles. The Morgan fingerprint density at radius 3 is 1.27 bits per heavy atom. The number of benzene rings is 2. The van der Waals surface area contributed by atoms with Gasteiger partial charge in [-0.3, -0.25) is 9.59 Å². The molecule has 0 unspecified atom stereocenters. The van der Waals surface area contributed by atoms with Crippen LogP contribution in [0.2, 0.25) is 0 Å². The number of hydrogen-bond donors (Lipinski definition) is 2. The van der Waals surface area contributed by atoms with E-state index in [2.05, 4.69) is 37.1 Å². The number of Topliss-reactive ketones (excluding diaryl/α,β-unsaturated/α-hetero) is 2. The van der Waals surface area contributed by atoms with Gasteiger partial charge in [0.2, 0.25) is 0 Å². The molecule has 110 valence electrons. The molecule has 22 heavy (non-hydrogen) atoms. The maximum atomic E-state index is 11.5. The largest absolute Gasteiger partial charge is 0.293 e. The van der Waals surface area contributed by atoms with Crippen molar-refractivity contribution in [1.29, 1.82) is 0 Å². The second-order valence-corrected chi connectivity index (χ2v) is 5.20. The Morgan fingerprint density at radius 2 is 1.00 bits per heavy atom. The molecular weight excluding hydrogens is 312 g/mol. The lowest BCUT2D eigenvalue weighted by Crippen LogP contribution is -1.99. The monoisotopic (exact) mass is 326 g/mol. The fourth-order valence-corrected chi connectivity index (χ4v) is 2.17.